The second-order valence-electron chi connectivity index (χ2n) is 3.82. The first-order chi connectivity index (χ1) is 6.58. The van der Waals surface area contributed by atoms with Gasteiger partial charge in [-0.15, -0.1) is 0 Å². The van der Waals surface area contributed by atoms with Crippen LogP contribution >= 0.6 is 22.6 Å². The molecule has 0 spiro atoms. The van der Waals surface area contributed by atoms with Gasteiger partial charge in [-0.3, -0.25) is 0 Å². The Labute approximate surface area is 96.2 Å². The fourth-order valence-electron chi connectivity index (χ4n) is 1.41. The van der Waals surface area contributed by atoms with E-state index in [0.29, 0.717) is 21.2 Å². The monoisotopic (exact) mass is 306 g/mol. The molecule has 2 atom stereocenters. The summed E-state index contributed by atoms with van der Waals surface area (Å²) in [5.74, 6) is 0.465. The van der Waals surface area contributed by atoms with Crippen LogP contribution in [0.15, 0.2) is 12.1 Å². The normalized spacial score (nSPS) is 24.8. The average molecular weight is 306 g/mol. The van der Waals surface area contributed by atoms with E-state index in [-0.39, 0.29) is 5.82 Å². The Morgan fingerprint density at radius 3 is 2.79 bits per heavy atom. The zero-order valence-corrected chi connectivity index (χ0v) is 10.0. The van der Waals surface area contributed by atoms with Gasteiger partial charge in [0.1, 0.15) is 5.82 Å². The number of hydrogen-bond acceptors (Lipinski definition) is 2. The van der Waals surface area contributed by atoms with Crippen molar-refractivity contribution in [2.24, 2.45) is 5.92 Å². The number of benzene rings is 1. The van der Waals surface area contributed by atoms with Crippen LogP contribution < -0.4 is 11.1 Å². The number of halogens is 2. The molecule has 1 aliphatic rings. The number of hydrogen-bond donors (Lipinski definition) is 2. The van der Waals surface area contributed by atoms with Crippen LogP contribution in [-0.2, 0) is 0 Å². The van der Waals surface area contributed by atoms with Gasteiger partial charge in [0.15, 0.2) is 0 Å². The lowest BCUT2D eigenvalue weighted by Gasteiger charge is -2.09. The highest BCUT2D eigenvalue weighted by Crippen LogP contribution is 2.35. The third-order valence-corrected chi connectivity index (χ3v) is 3.37. The van der Waals surface area contributed by atoms with E-state index in [0.717, 1.165) is 12.1 Å². The van der Waals surface area contributed by atoms with Crippen molar-refractivity contribution in [2.75, 3.05) is 11.1 Å². The Morgan fingerprint density at radius 2 is 2.21 bits per heavy atom. The van der Waals surface area contributed by atoms with Crippen LogP contribution in [0.5, 0.6) is 0 Å². The molecule has 0 aliphatic heterocycles. The van der Waals surface area contributed by atoms with Gasteiger partial charge in [-0.05, 0) is 41.0 Å². The van der Waals surface area contributed by atoms with Crippen LogP contribution in [0, 0.1) is 15.3 Å². The van der Waals surface area contributed by atoms with E-state index in [1.807, 2.05) is 22.6 Å². The summed E-state index contributed by atoms with van der Waals surface area (Å²) in [5.41, 5.74) is 7.12. The largest absolute Gasteiger partial charge is 0.397 e. The maximum absolute atomic E-state index is 13.2. The van der Waals surface area contributed by atoms with Crippen molar-refractivity contribution in [1.29, 1.82) is 0 Å². The second-order valence-corrected chi connectivity index (χ2v) is 4.98. The Morgan fingerprint density at radius 1 is 1.57 bits per heavy atom. The van der Waals surface area contributed by atoms with Gasteiger partial charge in [0.2, 0.25) is 0 Å². The number of nitrogens with one attached hydrogen (secondary N) is 1. The molecule has 0 radical (unpaired) electrons. The standard InChI is InChI=1S/C10H12FIN2/c1-5-2-9(5)14-10-3-6(11)7(12)4-8(10)13/h3-5,9,14H,2,13H2,1H3. The molecule has 0 bridgehead atoms. The van der Waals surface area contributed by atoms with E-state index in [4.69, 9.17) is 5.73 Å². The molecule has 1 fully saturated rings. The molecule has 2 nitrogen and oxygen atoms in total. The molecular formula is C10H12FIN2. The van der Waals surface area contributed by atoms with E-state index >= 15 is 0 Å². The Hall–Kier alpha value is -0.520. The summed E-state index contributed by atoms with van der Waals surface area (Å²) in [5, 5.41) is 3.23. The minimum atomic E-state index is -0.212. The molecule has 4 heteroatoms. The van der Waals surface area contributed by atoms with Crippen molar-refractivity contribution in [2.45, 2.75) is 19.4 Å². The Bertz CT molecular complexity index is 367. The second kappa shape index (κ2) is 3.56. The van der Waals surface area contributed by atoms with Gasteiger partial charge in [0.05, 0.1) is 14.9 Å². The van der Waals surface area contributed by atoms with E-state index < -0.39 is 0 Å². The summed E-state index contributed by atoms with van der Waals surface area (Å²) in [6.07, 6.45) is 1.15. The summed E-state index contributed by atoms with van der Waals surface area (Å²) in [6.45, 7) is 2.16. The summed E-state index contributed by atoms with van der Waals surface area (Å²) < 4.78 is 13.8. The summed E-state index contributed by atoms with van der Waals surface area (Å²) >= 11 is 1.94. The lowest BCUT2D eigenvalue weighted by molar-refractivity contribution is 0.621. The third kappa shape index (κ3) is 1.94. The average Bonchev–Trinajstić information content (AvgIpc) is 2.78. The predicted octanol–water partition coefficient (Wildman–Crippen LogP) is 2.83. The molecule has 0 saturated heterocycles. The molecule has 3 N–H and O–H groups in total. The van der Waals surface area contributed by atoms with Crippen LogP contribution in [0.25, 0.3) is 0 Å². The van der Waals surface area contributed by atoms with Crippen LogP contribution in [-0.4, -0.2) is 6.04 Å². The van der Waals surface area contributed by atoms with Gasteiger partial charge in [0, 0.05) is 12.1 Å². The van der Waals surface area contributed by atoms with Crippen molar-refractivity contribution >= 4 is 34.0 Å². The quantitative estimate of drug-likeness (QED) is 0.651. The van der Waals surface area contributed by atoms with Gasteiger partial charge in [-0.2, -0.15) is 0 Å². The molecule has 0 amide bonds. The van der Waals surface area contributed by atoms with Crippen molar-refractivity contribution < 1.29 is 4.39 Å². The van der Waals surface area contributed by atoms with Crippen LogP contribution in [0.1, 0.15) is 13.3 Å². The summed E-state index contributed by atoms with van der Waals surface area (Å²) in [7, 11) is 0. The molecule has 14 heavy (non-hydrogen) atoms. The van der Waals surface area contributed by atoms with E-state index in [9.17, 15) is 4.39 Å². The summed E-state index contributed by atoms with van der Waals surface area (Å²) in [6, 6.07) is 3.60. The molecule has 1 saturated carbocycles. The third-order valence-electron chi connectivity index (χ3n) is 2.54. The van der Waals surface area contributed by atoms with Gasteiger partial charge < -0.3 is 11.1 Å². The maximum atomic E-state index is 13.2. The first-order valence-corrected chi connectivity index (χ1v) is 5.67. The zero-order valence-electron chi connectivity index (χ0n) is 7.85. The molecule has 2 rings (SSSR count). The Balaban J connectivity index is 2.20. The fourth-order valence-corrected chi connectivity index (χ4v) is 1.90. The molecule has 1 aliphatic carbocycles. The number of anilines is 2. The van der Waals surface area contributed by atoms with Crippen LogP contribution in [0.4, 0.5) is 15.8 Å². The predicted molar refractivity (Wildman–Crippen MR) is 64.7 cm³/mol. The molecule has 0 aromatic heterocycles. The first kappa shape index (κ1) is 10.0. The van der Waals surface area contributed by atoms with Crippen molar-refractivity contribution in [3.8, 4) is 0 Å². The highest BCUT2D eigenvalue weighted by molar-refractivity contribution is 14.1. The lowest BCUT2D eigenvalue weighted by atomic mass is 10.2. The van der Waals surface area contributed by atoms with Crippen molar-refractivity contribution in [3.05, 3.63) is 21.5 Å². The maximum Gasteiger partial charge on any atom is 0.138 e. The topological polar surface area (TPSA) is 38.0 Å². The minimum Gasteiger partial charge on any atom is -0.397 e. The van der Waals surface area contributed by atoms with Crippen LogP contribution in [0.3, 0.4) is 0 Å². The SMILES string of the molecule is CC1CC1Nc1cc(F)c(I)cc1N. The molecule has 2 unspecified atom stereocenters. The van der Waals surface area contributed by atoms with E-state index in [1.54, 1.807) is 6.07 Å². The molecule has 1 aromatic carbocycles. The van der Waals surface area contributed by atoms with Gasteiger partial charge in [-0.25, -0.2) is 4.39 Å². The number of rotatable bonds is 2. The highest BCUT2D eigenvalue weighted by atomic mass is 127. The van der Waals surface area contributed by atoms with Crippen molar-refractivity contribution in [1.82, 2.24) is 0 Å². The first-order valence-electron chi connectivity index (χ1n) is 4.59. The lowest BCUT2D eigenvalue weighted by Crippen LogP contribution is -2.06. The van der Waals surface area contributed by atoms with Crippen LogP contribution in [0.2, 0.25) is 0 Å². The van der Waals surface area contributed by atoms with E-state index in [2.05, 4.69) is 12.2 Å². The highest BCUT2D eigenvalue weighted by Gasteiger charge is 2.32. The molecular weight excluding hydrogens is 294 g/mol. The van der Waals surface area contributed by atoms with Crippen molar-refractivity contribution in [3.63, 3.8) is 0 Å². The van der Waals surface area contributed by atoms with Gasteiger partial charge in [0.25, 0.3) is 0 Å². The van der Waals surface area contributed by atoms with Gasteiger partial charge >= 0.3 is 0 Å². The number of nitrogen functional groups attached to an aromatic ring is 1. The zero-order chi connectivity index (χ0) is 10.3. The van der Waals surface area contributed by atoms with E-state index in [1.165, 1.54) is 6.07 Å². The molecule has 1 aromatic rings. The summed E-state index contributed by atoms with van der Waals surface area (Å²) in [4.78, 5) is 0. The molecule has 76 valence electrons. The molecule has 0 heterocycles. The van der Waals surface area contributed by atoms with Gasteiger partial charge in [-0.1, -0.05) is 6.92 Å². The fraction of sp³-hybridized carbons (Fsp3) is 0.400. The number of nitrogens with two attached hydrogens (primary N) is 1. The smallest absolute Gasteiger partial charge is 0.138 e. The Kier molecular flexibility index (Phi) is 2.55. The minimum absolute atomic E-state index is 0.212.